The van der Waals surface area contributed by atoms with Gasteiger partial charge in [0.05, 0.1) is 0 Å². The van der Waals surface area contributed by atoms with Gasteiger partial charge in [0, 0.05) is 12.4 Å². The van der Waals surface area contributed by atoms with E-state index in [1.807, 2.05) is 0 Å². The van der Waals surface area contributed by atoms with Crippen LogP contribution in [0.2, 0.25) is 0 Å². The van der Waals surface area contributed by atoms with E-state index in [4.69, 9.17) is 11.6 Å². The van der Waals surface area contributed by atoms with E-state index in [0.29, 0.717) is 12.8 Å². The molecule has 4 heteroatoms. The zero-order valence-corrected chi connectivity index (χ0v) is 7.06. The Morgan fingerprint density at radius 3 is 2.45 bits per heavy atom. The summed E-state index contributed by atoms with van der Waals surface area (Å²) in [4.78, 5) is 20.3. The van der Waals surface area contributed by atoms with Gasteiger partial charge in [-0.3, -0.25) is 4.79 Å². The summed E-state index contributed by atoms with van der Waals surface area (Å²) in [6.45, 7) is 1.55. The molecule has 0 aliphatic heterocycles. The Hall–Kier alpha value is -0.570. The third-order valence-corrected chi connectivity index (χ3v) is 1.60. The largest absolute Gasteiger partial charge is 0.550 e. The van der Waals surface area contributed by atoms with Crippen LogP contribution in [0.3, 0.4) is 0 Å². The average molecular weight is 178 g/mol. The van der Waals surface area contributed by atoms with Crippen LogP contribution in [0, 0.1) is 5.92 Å². The van der Waals surface area contributed by atoms with E-state index in [2.05, 4.69) is 0 Å². The van der Waals surface area contributed by atoms with Crippen LogP contribution >= 0.6 is 11.6 Å². The Morgan fingerprint density at radius 1 is 1.55 bits per heavy atom. The van der Waals surface area contributed by atoms with E-state index >= 15 is 0 Å². The van der Waals surface area contributed by atoms with Crippen molar-refractivity contribution in [2.45, 2.75) is 26.2 Å². The Balaban J connectivity index is 3.39. The molecule has 0 radical (unpaired) electrons. The molecule has 0 aliphatic carbocycles. The van der Waals surface area contributed by atoms with Crippen molar-refractivity contribution >= 4 is 22.8 Å². The number of hydrogen-bond donors (Lipinski definition) is 0. The van der Waals surface area contributed by atoms with Gasteiger partial charge < -0.3 is 9.90 Å². The molecular weight excluding hydrogens is 168 g/mol. The normalized spacial score (nSPS) is 12.5. The van der Waals surface area contributed by atoms with Gasteiger partial charge in [-0.2, -0.15) is 0 Å². The quantitative estimate of drug-likeness (QED) is 0.568. The molecule has 0 aliphatic rings. The minimum Gasteiger partial charge on any atom is -0.550 e. The molecule has 1 unspecified atom stereocenters. The standard InChI is InChI=1S/C7H11ClO3/c1-5(7(10)11)3-2-4-6(8)9/h5H,2-4H2,1H3,(H,10,11)/p-1. The third-order valence-electron chi connectivity index (χ3n) is 1.41. The summed E-state index contributed by atoms with van der Waals surface area (Å²) in [5.41, 5.74) is 0. The number of halogens is 1. The molecule has 11 heavy (non-hydrogen) atoms. The van der Waals surface area contributed by atoms with Crippen molar-refractivity contribution in [1.82, 2.24) is 0 Å². The van der Waals surface area contributed by atoms with Gasteiger partial charge in [0.1, 0.15) is 0 Å². The minimum atomic E-state index is -1.08. The molecule has 0 N–H and O–H groups in total. The monoisotopic (exact) mass is 177 g/mol. The molecule has 0 fully saturated rings. The molecular formula is C7H10ClO3-. The van der Waals surface area contributed by atoms with Crippen LogP contribution < -0.4 is 5.11 Å². The van der Waals surface area contributed by atoms with Crippen LogP contribution in [-0.2, 0) is 9.59 Å². The summed E-state index contributed by atoms with van der Waals surface area (Å²) in [5.74, 6) is -1.57. The first kappa shape index (κ1) is 10.4. The number of rotatable bonds is 5. The van der Waals surface area contributed by atoms with Gasteiger partial charge in [-0.15, -0.1) is 0 Å². The zero-order valence-electron chi connectivity index (χ0n) is 6.30. The molecule has 0 heterocycles. The third kappa shape index (κ3) is 5.85. The lowest BCUT2D eigenvalue weighted by atomic mass is 10.1. The fourth-order valence-corrected chi connectivity index (χ4v) is 0.799. The molecule has 0 aromatic rings. The topological polar surface area (TPSA) is 57.2 Å². The highest BCUT2D eigenvalue weighted by Crippen LogP contribution is 2.07. The molecule has 0 saturated heterocycles. The molecule has 0 rings (SSSR count). The van der Waals surface area contributed by atoms with Crippen LogP contribution in [0.1, 0.15) is 26.2 Å². The lowest BCUT2D eigenvalue weighted by Gasteiger charge is -2.10. The fourth-order valence-electron chi connectivity index (χ4n) is 0.665. The lowest BCUT2D eigenvalue weighted by molar-refractivity contribution is -0.311. The molecule has 0 aromatic carbocycles. The first-order valence-corrected chi connectivity index (χ1v) is 3.81. The van der Waals surface area contributed by atoms with Crippen molar-refractivity contribution in [3.05, 3.63) is 0 Å². The van der Waals surface area contributed by atoms with Gasteiger partial charge >= 0.3 is 0 Å². The van der Waals surface area contributed by atoms with Gasteiger partial charge in [0.15, 0.2) is 0 Å². The molecule has 0 amide bonds. The van der Waals surface area contributed by atoms with Crippen LogP contribution in [0.15, 0.2) is 0 Å². The molecule has 0 bridgehead atoms. The predicted molar refractivity (Wildman–Crippen MR) is 38.9 cm³/mol. The summed E-state index contributed by atoms with van der Waals surface area (Å²) in [7, 11) is 0. The van der Waals surface area contributed by atoms with Crippen molar-refractivity contribution in [3.63, 3.8) is 0 Å². The zero-order chi connectivity index (χ0) is 8.85. The number of carbonyl (C=O) groups is 2. The van der Waals surface area contributed by atoms with E-state index in [-0.39, 0.29) is 6.42 Å². The van der Waals surface area contributed by atoms with Gasteiger partial charge in [-0.1, -0.05) is 6.92 Å². The van der Waals surface area contributed by atoms with Gasteiger partial charge in [-0.25, -0.2) is 0 Å². The second-order valence-electron chi connectivity index (χ2n) is 2.47. The van der Waals surface area contributed by atoms with E-state index in [1.54, 1.807) is 6.92 Å². The lowest BCUT2D eigenvalue weighted by Crippen LogP contribution is -2.29. The Kier molecular flexibility index (Phi) is 4.86. The second kappa shape index (κ2) is 5.13. The molecule has 3 nitrogen and oxygen atoms in total. The Bertz CT molecular complexity index is 156. The van der Waals surface area contributed by atoms with Gasteiger partial charge in [0.25, 0.3) is 0 Å². The molecule has 0 aromatic heterocycles. The number of carboxylic acid groups (broad SMARTS) is 1. The maximum absolute atomic E-state index is 10.2. The number of aliphatic carboxylic acids is 1. The van der Waals surface area contributed by atoms with E-state index in [9.17, 15) is 14.7 Å². The minimum absolute atomic E-state index is 0.235. The Morgan fingerprint density at radius 2 is 2.09 bits per heavy atom. The summed E-state index contributed by atoms with van der Waals surface area (Å²) >= 11 is 5.04. The van der Waals surface area contributed by atoms with Crippen LogP contribution in [0.5, 0.6) is 0 Å². The average Bonchev–Trinajstić information content (AvgIpc) is 1.86. The van der Waals surface area contributed by atoms with Crippen molar-refractivity contribution in [2.24, 2.45) is 5.92 Å². The Labute approximate surface area is 70.3 Å². The summed E-state index contributed by atoms with van der Waals surface area (Å²) in [6, 6.07) is 0. The van der Waals surface area contributed by atoms with Crippen LogP contribution in [0.4, 0.5) is 0 Å². The highest BCUT2D eigenvalue weighted by atomic mass is 35.5. The highest BCUT2D eigenvalue weighted by molar-refractivity contribution is 6.63. The maximum atomic E-state index is 10.2. The van der Waals surface area contributed by atoms with E-state index in [1.165, 1.54) is 0 Å². The summed E-state index contributed by atoms with van der Waals surface area (Å²) < 4.78 is 0. The van der Waals surface area contributed by atoms with Crippen LogP contribution in [-0.4, -0.2) is 11.2 Å². The summed E-state index contributed by atoms with van der Waals surface area (Å²) in [6.07, 6.45) is 1.19. The van der Waals surface area contributed by atoms with Gasteiger partial charge in [0.2, 0.25) is 5.24 Å². The van der Waals surface area contributed by atoms with E-state index in [0.717, 1.165) is 0 Å². The first-order valence-electron chi connectivity index (χ1n) is 3.43. The van der Waals surface area contributed by atoms with Crippen molar-refractivity contribution in [1.29, 1.82) is 0 Å². The molecule has 0 saturated carbocycles. The predicted octanol–water partition coefficient (Wildman–Crippen LogP) is 0.308. The van der Waals surface area contributed by atoms with Crippen molar-refractivity contribution < 1.29 is 14.7 Å². The van der Waals surface area contributed by atoms with Crippen LogP contribution in [0.25, 0.3) is 0 Å². The fraction of sp³-hybridized carbons (Fsp3) is 0.714. The molecule has 64 valence electrons. The molecule has 1 atom stereocenters. The number of hydrogen-bond acceptors (Lipinski definition) is 3. The highest BCUT2D eigenvalue weighted by Gasteiger charge is 2.03. The summed E-state index contributed by atoms with van der Waals surface area (Å²) in [5, 5.41) is 9.73. The van der Waals surface area contributed by atoms with Gasteiger partial charge in [-0.05, 0) is 30.4 Å². The molecule has 0 spiro atoms. The maximum Gasteiger partial charge on any atom is 0.221 e. The first-order chi connectivity index (χ1) is 5.04. The SMILES string of the molecule is CC(CCCC(=O)Cl)C(=O)[O-]. The smallest absolute Gasteiger partial charge is 0.221 e. The number of carbonyl (C=O) groups excluding carboxylic acids is 2. The van der Waals surface area contributed by atoms with Crippen molar-refractivity contribution in [2.75, 3.05) is 0 Å². The van der Waals surface area contributed by atoms with Crippen molar-refractivity contribution in [3.8, 4) is 0 Å². The van der Waals surface area contributed by atoms with E-state index < -0.39 is 17.1 Å². The number of carboxylic acids is 1. The second-order valence-corrected chi connectivity index (χ2v) is 2.89.